The Morgan fingerprint density at radius 1 is 0.939 bits per heavy atom. The van der Waals surface area contributed by atoms with E-state index < -0.39 is 24.5 Å². The van der Waals surface area contributed by atoms with Gasteiger partial charge in [0.15, 0.2) is 0 Å². The first kappa shape index (κ1) is 23.8. The molecular formula is C24H20F4N2O3. The smallest absolute Gasteiger partial charge is 0.405 e. The topological polar surface area (TPSA) is 67.4 Å². The third kappa shape index (κ3) is 6.80. The van der Waals surface area contributed by atoms with Crippen LogP contribution in [0.3, 0.4) is 0 Å². The molecule has 2 N–H and O–H groups in total. The fourth-order valence-electron chi connectivity index (χ4n) is 2.89. The van der Waals surface area contributed by atoms with E-state index in [4.69, 9.17) is 4.74 Å². The Morgan fingerprint density at radius 2 is 1.64 bits per heavy atom. The van der Waals surface area contributed by atoms with Crippen LogP contribution in [0.1, 0.15) is 31.8 Å². The zero-order chi connectivity index (χ0) is 24.0. The van der Waals surface area contributed by atoms with Crippen molar-refractivity contribution in [3.63, 3.8) is 0 Å². The maximum atomic E-state index is 13.1. The minimum atomic E-state index is -4.53. The number of ether oxygens (including phenoxy) is 1. The van der Waals surface area contributed by atoms with Crippen molar-refractivity contribution >= 4 is 17.5 Å². The third-order valence-electron chi connectivity index (χ3n) is 4.64. The van der Waals surface area contributed by atoms with Crippen LogP contribution in [0.2, 0.25) is 0 Å². The lowest BCUT2D eigenvalue weighted by Gasteiger charge is -2.14. The van der Waals surface area contributed by atoms with Crippen molar-refractivity contribution in [3.05, 3.63) is 94.8 Å². The highest BCUT2D eigenvalue weighted by Gasteiger charge is 2.28. The Balaban J connectivity index is 1.73. The molecule has 0 radical (unpaired) electrons. The molecule has 0 atom stereocenters. The second-order valence-electron chi connectivity index (χ2n) is 7.19. The number of benzene rings is 3. The Bertz CT molecular complexity index is 1150. The van der Waals surface area contributed by atoms with Gasteiger partial charge in [0.25, 0.3) is 11.8 Å². The lowest BCUT2D eigenvalue weighted by atomic mass is 10.1. The van der Waals surface area contributed by atoms with Crippen molar-refractivity contribution in [2.75, 3.05) is 11.9 Å². The maximum absolute atomic E-state index is 13.1. The van der Waals surface area contributed by atoms with E-state index in [2.05, 4.69) is 5.32 Å². The number of para-hydroxylation sites is 1. The lowest BCUT2D eigenvalue weighted by molar-refractivity contribution is -0.123. The number of halogens is 4. The second-order valence-corrected chi connectivity index (χ2v) is 7.19. The Labute approximate surface area is 187 Å². The fraction of sp³-hybridized carbons (Fsp3) is 0.167. The van der Waals surface area contributed by atoms with Crippen LogP contribution >= 0.6 is 0 Å². The molecule has 3 aromatic rings. The third-order valence-corrected chi connectivity index (χ3v) is 4.64. The molecule has 9 heteroatoms. The van der Waals surface area contributed by atoms with Crippen molar-refractivity contribution in [2.24, 2.45) is 0 Å². The second kappa shape index (κ2) is 10.2. The molecule has 3 rings (SSSR count). The number of rotatable bonds is 7. The van der Waals surface area contributed by atoms with Crippen LogP contribution in [0.15, 0.2) is 66.7 Å². The Morgan fingerprint density at radius 3 is 2.33 bits per heavy atom. The van der Waals surface area contributed by atoms with Gasteiger partial charge in [-0.15, -0.1) is 0 Å². The summed E-state index contributed by atoms with van der Waals surface area (Å²) in [6.07, 6.45) is -4.53. The first-order valence-corrected chi connectivity index (χ1v) is 9.85. The molecule has 0 saturated carbocycles. The number of aryl methyl sites for hydroxylation is 1. The number of alkyl halides is 3. The number of carbonyl (C=O) groups excluding carboxylic acids is 2. The summed E-state index contributed by atoms with van der Waals surface area (Å²) in [5.41, 5.74) is 1.78. The molecule has 0 heterocycles. The molecule has 172 valence electrons. The van der Waals surface area contributed by atoms with Crippen LogP contribution in [0, 0.1) is 12.7 Å². The minimum absolute atomic E-state index is 0.0269. The quantitative estimate of drug-likeness (QED) is 0.473. The van der Waals surface area contributed by atoms with Crippen molar-refractivity contribution in [3.8, 4) is 5.75 Å². The van der Waals surface area contributed by atoms with Gasteiger partial charge in [0, 0.05) is 11.3 Å². The number of amides is 2. The Kier molecular flexibility index (Phi) is 7.32. The molecule has 0 unspecified atom stereocenters. The van der Waals surface area contributed by atoms with E-state index in [1.165, 1.54) is 30.3 Å². The van der Waals surface area contributed by atoms with Crippen molar-refractivity contribution < 1.29 is 31.9 Å². The van der Waals surface area contributed by atoms with Crippen LogP contribution in [-0.2, 0) is 6.61 Å². The summed E-state index contributed by atoms with van der Waals surface area (Å²) in [6.45, 7) is 0.336. The van der Waals surface area contributed by atoms with Crippen LogP contribution in [0.5, 0.6) is 5.75 Å². The molecule has 33 heavy (non-hydrogen) atoms. The normalized spacial score (nSPS) is 11.1. The van der Waals surface area contributed by atoms with E-state index in [0.29, 0.717) is 11.1 Å². The molecule has 0 fully saturated rings. The number of carbonyl (C=O) groups is 2. The van der Waals surface area contributed by atoms with E-state index in [9.17, 15) is 27.2 Å². The van der Waals surface area contributed by atoms with Gasteiger partial charge in [-0.1, -0.05) is 30.3 Å². The molecule has 0 saturated heterocycles. The van der Waals surface area contributed by atoms with E-state index in [-0.39, 0.29) is 35.0 Å². The standard InChI is InChI=1S/C24H20F4N2O3/c1-15-6-9-17(22(31)29-14-24(26,27)28)12-20(15)30-23(32)19-4-2-3-5-21(19)33-13-16-7-10-18(25)11-8-16/h2-12H,13-14H2,1H3,(H,29,31)(H,30,32). The van der Waals surface area contributed by atoms with Crippen molar-refractivity contribution in [1.29, 1.82) is 0 Å². The van der Waals surface area contributed by atoms with Crippen LogP contribution < -0.4 is 15.4 Å². The average Bonchev–Trinajstić information content (AvgIpc) is 2.78. The van der Waals surface area contributed by atoms with E-state index in [0.717, 1.165) is 0 Å². The molecule has 0 aliphatic rings. The summed E-state index contributed by atoms with van der Waals surface area (Å²) >= 11 is 0. The lowest BCUT2D eigenvalue weighted by Crippen LogP contribution is -2.33. The molecule has 0 aromatic heterocycles. The van der Waals surface area contributed by atoms with Gasteiger partial charge in [0.2, 0.25) is 0 Å². The molecule has 0 spiro atoms. The number of anilines is 1. The summed E-state index contributed by atoms with van der Waals surface area (Å²) in [5.74, 6) is -1.52. The zero-order valence-corrected chi connectivity index (χ0v) is 17.5. The first-order chi connectivity index (χ1) is 15.6. The van der Waals surface area contributed by atoms with E-state index in [1.807, 2.05) is 0 Å². The van der Waals surface area contributed by atoms with Gasteiger partial charge in [0.1, 0.15) is 24.7 Å². The molecule has 0 aliphatic carbocycles. The predicted octanol–water partition coefficient (Wildman–Crippen LogP) is 5.26. The van der Waals surface area contributed by atoms with Gasteiger partial charge in [0.05, 0.1) is 5.56 Å². The molecule has 0 aliphatic heterocycles. The van der Waals surface area contributed by atoms with Gasteiger partial charge in [-0.05, 0) is 54.4 Å². The Hall–Kier alpha value is -3.88. The van der Waals surface area contributed by atoms with Crippen LogP contribution in [0.25, 0.3) is 0 Å². The van der Waals surface area contributed by atoms with Gasteiger partial charge in [-0.25, -0.2) is 4.39 Å². The van der Waals surface area contributed by atoms with Gasteiger partial charge < -0.3 is 15.4 Å². The van der Waals surface area contributed by atoms with Crippen LogP contribution in [0.4, 0.5) is 23.2 Å². The molecular weight excluding hydrogens is 440 g/mol. The largest absolute Gasteiger partial charge is 0.488 e. The highest BCUT2D eigenvalue weighted by atomic mass is 19.4. The molecule has 3 aromatic carbocycles. The summed E-state index contributed by atoms with van der Waals surface area (Å²) in [7, 11) is 0. The fourth-order valence-corrected chi connectivity index (χ4v) is 2.89. The van der Waals surface area contributed by atoms with Gasteiger partial charge >= 0.3 is 6.18 Å². The average molecular weight is 460 g/mol. The molecule has 0 bridgehead atoms. The number of hydrogen-bond acceptors (Lipinski definition) is 3. The van der Waals surface area contributed by atoms with Gasteiger partial charge in [-0.3, -0.25) is 9.59 Å². The predicted molar refractivity (Wildman–Crippen MR) is 115 cm³/mol. The highest BCUT2D eigenvalue weighted by Crippen LogP contribution is 2.23. The molecule has 5 nitrogen and oxygen atoms in total. The van der Waals surface area contributed by atoms with Crippen molar-refractivity contribution in [2.45, 2.75) is 19.7 Å². The van der Waals surface area contributed by atoms with Crippen LogP contribution in [-0.4, -0.2) is 24.5 Å². The minimum Gasteiger partial charge on any atom is -0.488 e. The summed E-state index contributed by atoms with van der Waals surface area (Å²) < 4.78 is 55.9. The maximum Gasteiger partial charge on any atom is 0.405 e. The number of nitrogens with one attached hydrogen (secondary N) is 2. The number of hydrogen-bond donors (Lipinski definition) is 2. The summed E-state index contributed by atoms with van der Waals surface area (Å²) in [5, 5.41) is 4.46. The van der Waals surface area contributed by atoms with E-state index >= 15 is 0 Å². The molecule has 2 amide bonds. The monoisotopic (exact) mass is 460 g/mol. The van der Waals surface area contributed by atoms with Gasteiger partial charge in [-0.2, -0.15) is 13.2 Å². The zero-order valence-electron chi connectivity index (χ0n) is 17.5. The van der Waals surface area contributed by atoms with E-state index in [1.54, 1.807) is 48.6 Å². The SMILES string of the molecule is Cc1ccc(C(=O)NCC(F)(F)F)cc1NC(=O)c1ccccc1OCc1ccc(F)cc1. The summed E-state index contributed by atoms with van der Waals surface area (Å²) in [6, 6.07) is 16.4. The summed E-state index contributed by atoms with van der Waals surface area (Å²) in [4.78, 5) is 24.9. The highest BCUT2D eigenvalue weighted by molar-refractivity contribution is 6.07. The van der Waals surface area contributed by atoms with Crippen molar-refractivity contribution in [1.82, 2.24) is 5.32 Å². The first-order valence-electron chi connectivity index (χ1n) is 9.85.